The summed E-state index contributed by atoms with van der Waals surface area (Å²) in [5.74, 6) is 0. The lowest BCUT2D eigenvalue weighted by atomic mass is 10.1. The molecule has 0 amide bonds. The molecule has 0 fully saturated rings. The maximum atomic E-state index is 9.78. The number of hydrogen-bond donors (Lipinski definition) is 2. The molecular weight excluding hydrogens is 246 g/mol. The number of aryl methyl sites for hydroxylation is 2. The summed E-state index contributed by atoms with van der Waals surface area (Å²) in [6.45, 7) is 11.3. The molecule has 104 valence electrons. The van der Waals surface area contributed by atoms with Crippen LogP contribution in [0.15, 0.2) is 6.07 Å². The van der Waals surface area contributed by atoms with Crippen molar-refractivity contribution in [1.82, 2.24) is 5.32 Å². The van der Waals surface area contributed by atoms with Crippen LogP contribution in [0.5, 0.6) is 0 Å². The predicted molar refractivity (Wildman–Crippen MR) is 77.3 cm³/mol. The molecule has 1 heterocycles. The van der Waals surface area contributed by atoms with E-state index in [4.69, 9.17) is 4.74 Å². The molecule has 4 heteroatoms. The minimum atomic E-state index is -0.449. The third kappa shape index (κ3) is 5.06. The van der Waals surface area contributed by atoms with Crippen LogP contribution in [0.3, 0.4) is 0 Å². The van der Waals surface area contributed by atoms with Crippen LogP contribution < -0.4 is 5.32 Å². The summed E-state index contributed by atoms with van der Waals surface area (Å²) in [4.78, 5) is 2.68. The van der Waals surface area contributed by atoms with E-state index in [1.807, 2.05) is 25.2 Å². The summed E-state index contributed by atoms with van der Waals surface area (Å²) in [5, 5.41) is 13.1. The maximum Gasteiger partial charge on any atom is 0.0898 e. The molecule has 1 aromatic heterocycles. The van der Waals surface area contributed by atoms with E-state index < -0.39 is 6.10 Å². The van der Waals surface area contributed by atoms with Gasteiger partial charge < -0.3 is 15.2 Å². The lowest BCUT2D eigenvalue weighted by Crippen LogP contribution is -2.32. The van der Waals surface area contributed by atoms with Gasteiger partial charge in [-0.1, -0.05) is 0 Å². The topological polar surface area (TPSA) is 41.5 Å². The predicted octanol–water partition coefficient (Wildman–Crippen LogP) is 2.80. The average molecular weight is 271 g/mol. The molecule has 0 radical (unpaired) electrons. The highest BCUT2D eigenvalue weighted by Gasteiger charge is 2.13. The number of hydrogen-bond acceptors (Lipinski definition) is 4. The second-order valence-electron chi connectivity index (χ2n) is 5.03. The van der Waals surface area contributed by atoms with E-state index in [0.717, 1.165) is 0 Å². The monoisotopic (exact) mass is 271 g/mol. The summed E-state index contributed by atoms with van der Waals surface area (Å²) in [7, 11) is 0. The highest BCUT2D eigenvalue weighted by molar-refractivity contribution is 7.12. The normalized spacial score (nSPS) is 15.1. The van der Waals surface area contributed by atoms with Gasteiger partial charge in [-0.05, 0) is 46.2 Å². The Balaban J connectivity index is 2.37. The lowest BCUT2D eigenvalue weighted by molar-refractivity contribution is 0.00560. The highest BCUT2D eigenvalue weighted by atomic mass is 32.1. The van der Waals surface area contributed by atoms with Gasteiger partial charge in [-0.15, -0.1) is 11.3 Å². The first kappa shape index (κ1) is 15.6. The standard InChI is InChI=1S/C14H25NO2S/c1-9(2)17-8-13(16)7-15-11(4)14-6-10(3)18-12(14)5/h6,9,11,13,15-16H,7-8H2,1-5H3. The quantitative estimate of drug-likeness (QED) is 0.801. The second kappa shape index (κ2) is 7.24. The number of aliphatic hydroxyl groups excluding tert-OH is 1. The fourth-order valence-corrected chi connectivity index (χ4v) is 2.89. The average Bonchev–Trinajstić information content (AvgIpc) is 2.62. The minimum absolute atomic E-state index is 0.166. The molecule has 18 heavy (non-hydrogen) atoms. The van der Waals surface area contributed by atoms with Crippen LogP contribution >= 0.6 is 11.3 Å². The van der Waals surface area contributed by atoms with Crippen molar-refractivity contribution < 1.29 is 9.84 Å². The van der Waals surface area contributed by atoms with E-state index in [1.165, 1.54) is 15.3 Å². The molecule has 0 saturated carbocycles. The minimum Gasteiger partial charge on any atom is -0.389 e. The van der Waals surface area contributed by atoms with Crippen molar-refractivity contribution in [3.05, 3.63) is 21.4 Å². The molecule has 0 aliphatic carbocycles. The van der Waals surface area contributed by atoms with E-state index in [-0.39, 0.29) is 12.1 Å². The molecule has 1 rings (SSSR count). The zero-order valence-corrected chi connectivity index (χ0v) is 12.8. The highest BCUT2D eigenvalue weighted by Crippen LogP contribution is 2.25. The van der Waals surface area contributed by atoms with Gasteiger partial charge in [-0.3, -0.25) is 0 Å². The van der Waals surface area contributed by atoms with Crippen LogP contribution in [-0.2, 0) is 4.74 Å². The van der Waals surface area contributed by atoms with E-state index in [9.17, 15) is 5.11 Å². The first-order chi connectivity index (χ1) is 8.40. The molecule has 0 saturated heterocycles. The van der Waals surface area contributed by atoms with Crippen molar-refractivity contribution in [1.29, 1.82) is 0 Å². The SMILES string of the molecule is Cc1cc(C(C)NCC(O)COC(C)C)c(C)s1. The van der Waals surface area contributed by atoms with Crippen LogP contribution in [0.1, 0.15) is 42.1 Å². The summed E-state index contributed by atoms with van der Waals surface area (Å²) < 4.78 is 5.38. The molecule has 0 aromatic carbocycles. The molecule has 2 N–H and O–H groups in total. The zero-order chi connectivity index (χ0) is 13.7. The Hall–Kier alpha value is -0.420. The molecule has 0 bridgehead atoms. The Bertz CT molecular complexity index is 363. The van der Waals surface area contributed by atoms with Gasteiger partial charge in [0.1, 0.15) is 0 Å². The zero-order valence-electron chi connectivity index (χ0n) is 12.0. The molecular formula is C14H25NO2S. The number of nitrogens with one attached hydrogen (secondary N) is 1. The maximum absolute atomic E-state index is 9.78. The van der Waals surface area contributed by atoms with Crippen LogP contribution in [0.2, 0.25) is 0 Å². The van der Waals surface area contributed by atoms with Crippen molar-refractivity contribution in [2.24, 2.45) is 0 Å². The number of rotatable bonds is 7. The fraction of sp³-hybridized carbons (Fsp3) is 0.714. The third-order valence-electron chi connectivity index (χ3n) is 2.83. The Morgan fingerprint density at radius 2 is 2.00 bits per heavy atom. The first-order valence-corrected chi connectivity index (χ1v) is 7.31. The van der Waals surface area contributed by atoms with Crippen molar-refractivity contribution in [3.8, 4) is 0 Å². The van der Waals surface area contributed by atoms with E-state index in [0.29, 0.717) is 13.2 Å². The summed E-state index contributed by atoms with van der Waals surface area (Å²) in [6.07, 6.45) is -0.284. The van der Waals surface area contributed by atoms with Crippen LogP contribution in [0, 0.1) is 13.8 Å². The summed E-state index contributed by atoms with van der Waals surface area (Å²) >= 11 is 1.82. The smallest absolute Gasteiger partial charge is 0.0898 e. The van der Waals surface area contributed by atoms with Crippen molar-refractivity contribution in [3.63, 3.8) is 0 Å². The Morgan fingerprint density at radius 1 is 1.33 bits per heavy atom. The Labute approximate surface area is 114 Å². The molecule has 2 atom stereocenters. The number of aliphatic hydroxyl groups is 1. The molecule has 0 spiro atoms. The van der Waals surface area contributed by atoms with Gasteiger partial charge in [0, 0.05) is 22.3 Å². The molecule has 3 nitrogen and oxygen atoms in total. The Morgan fingerprint density at radius 3 is 2.50 bits per heavy atom. The van der Waals surface area contributed by atoms with Gasteiger partial charge in [0.15, 0.2) is 0 Å². The van der Waals surface area contributed by atoms with E-state index in [2.05, 4.69) is 32.2 Å². The fourth-order valence-electron chi connectivity index (χ4n) is 1.87. The van der Waals surface area contributed by atoms with E-state index in [1.54, 1.807) is 0 Å². The van der Waals surface area contributed by atoms with Crippen molar-refractivity contribution >= 4 is 11.3 Å². The molecule has 1 aromatic rings. The molecule has 2 unspecified atom stereocenters. The van der Waals surface area contributed by atoms with Gasteiger partial charge in [0.25, 0.3) is 0 Å². The Kier molecular flexibility index (Phi) is 6.29. The van der Waals surface area contributed by atoms with Gasteiger partial charge in [-0.25, -0.2) is 0 Å². The number of thiophene rings is 1. The lowest BCUT2D eigenvalue weighted by Gasteiger charge is -2.18. The summed E-state index contributed by atoms with van der Waals surface area (Å²) in [6, 6.07) is 2.48. The van der Waals surface area contributed by atoms with Gasteiger partial charge >= 0.3 is 0 Å². The first-order valence-electron chi connectivity index (χ1n) is 6.50. The van der Waals surface area contributed by atoms with Gasteiger partial charge in [0.2, 0.25) is 0 Å². The molecule has 0 aliphatic heterocycles. The van der Waals surface area contributed by atoms with Crippen molar-refractivity contribution in [2.45, 2.75) is 52.9 Å². The molecule has 0 aliphatic rings. The van der Waals surface area contributed by atoms with Crippen LogP contribution in [0.4, 0.5) is 0 Å². The van der Waals surface area contributed by atoms with Gasteiger partial charge in [0.05, 0.1) is 18.8 Å². The largest absolute Gasteiger partial charge is 0.389 e. The third-order valence-corrected chi connectivity index (χ3v) is 3.81. The van der Waals surface area contributed by atoms with E-state index >= 15 is 0 Å². The van der Waals surface area contributed by atoms with Crippen molar-refractivity contribution in [2.75, 3.05) is 13.2 Å². The summed E-state index contributed by atoms with van der Waals surface area (Å²) in [5.41, 5.74) is 1.33. The number of ether oxygens (including phenoxy) is 1. The van der Waals surface area contributed by atoms with Crippen LogP contribution in [-0.4, -0.2) is 30.5 Å². The van der Waals surface area contributed by atoms with Crippen LogP contribution in [0.25, 0.3) is 0 Å². The van der Waals surface area contributed by atoms with Gasteiger partial charge in [-0.2, -0.15) is 0 Å². The second-order valence-corrected chi connectivity index (χ2v) is 6.49.